The number of hydrogen-bond donors (Lipinski definition) is 0. The maximum atomic E-state index is 8.05. The van der Waals surface area contributed by atoms with Crippen LogP contribution in [0.25, 0.3) is 44.5 Å². The smallest absolute Gasteiger partial charge is 0.227 e. The Morgan fingerprint density at radius 3 is 2.59 bits per heavy atom. The molecule has 0 radical (unpaired) electrons. The van der Waals surface area contributed by atoms with Gasteiger partial charge in [0.1, 0.15) is 5.58 Å². The van der Waals surface area contributed by atoms with E-state index in [-0.39, 0.29) is 27.8 Å². The lowest BCUT2D eigenvalue weighted by Crippen LogP contribution is -1.91. The third-order valence-corrected chi connectivity index (χ3v) is 5.01. The number of aryl methyl sites for hydroxylation is 4. The first-order valence-electron chi connectivity index (χ1n) is 13.6. The summed E-state index contributed by atoms with van der Waals surface area (Å²) < 4.78 is 77.2. The number of fused-ring (bicyclic) bond motifs is 3. The second-order valence-electron chi connectivity index (χ2n) is 6.97. The molecule has 0 spiro atoms. The normalized spacial score (nSPS) is 17.3. The first-order chi connectivity index (χ1) is 17.6. The van der Waals surface area contributed by atoms with Crippen molar-refractivity contribution >= 4 is 22.1 Å². The van der Waals surface area contributed by atoms with E-state index >= 15 is 0 Å². The summed E-state index contributed by atoms with van der Waals surface area (Å²) in [5.74, 6) is 0. The lowest BCUT2D eigenvalue weighted by atomic mass is 9.96. The Balaban J connectivity index is 1.77. The topological polar surface area (TPSA) is 38.9 Å². The Kier molecular flexibility index (Phi) is 2.34. The number of benzene rings is 2. The van der Waals surface area contributed by atoms with E-state index in [9.17, 15) is 0 Å². The number of rotatable bonds is 2. The van der Waals surface area contributed by atoms with Crippen LogP contribution in [0.5, 0.6) is 0 Å². The van der Waals surface area contributed by atoms with Crippen molar-refractivity contribution in [3.8, 4) is 22.4 Å². The van der Waals surface area contributed by atoms with Crippen molar-refractivity contribution < 1.29 is 16.8 Å². The lowest BCUT2D eigenvalue weighted by Gasteiger charge is -2.11. The molecular formula is C26H22N2O. The molecule has 0 bridgehead atoms. The van der Waals surface area contributed by atoms with Crippen LogP contribution in [0.15, 0.2) is 65.2 Å². The SMILES string of the molecule is [2H]C([2H])([2H])c1cnc(-c2cccc3c2oc2nc(C)ccc23)cc1-c1ccc(C([2H])([2H])[2H])c(C([2H])([2H])[2H])c1. The van der Waals surface area contributed by atoms with Gasteiger partial charge in [-0.1, -0.05) is 30.3 Å². The van der Waals surface area contributed by atoms with Crippen LogP contribution in [0.1, 0.15) is 34.7 Å². The van der Waals surface area contributed by atoms with E-state index in [1.807, 2.05) is 31.2 Å². The summed E-state index contributed by atoms with van der Waals surface area (Å²) in [4.78, 5) is 8.89. The minimum Gasteiger partial charge on any atom is -0.437 e. The molecule has 29 heavy (non-hydrogen) atoms. The highest BCUT2D eigenvalue weighted by Crippen LogP contribution is 2.36. The molecule has 0 aliphatic rings. The van der Waals surface area contributed by atoms with Gasteiger partial charge in [-0.25, -0.2) is 4.98 Å². The monoisotopic (exact) mass is 387 g/mol. The highest BCUT2D eigenvalue weighted by molar-refractivity contribution is 6.08. The van der Waals surface area contributed by atoms with Gasteiger partial charge in [-0.15, -0.1) is 0 Å². The molecule has 0 saturated carbocycles. The fraction of sp³-hybridized carbons (Fsp3) is 0.154. The summed E-state index contributed by atoms with van der Waals surface area (Å²) in [5.41, 5.74) is 2.53. The van der Waals surface area contributed by atoms with Gasteiger partial charge in [-0.2, -0.15) is 0 Å². The number of pyridine rings is 2. The highest BCUT2D eigenvalue weighted by atomic mass is 16.3. The van der Waals surface area contributed by atoms with Gasteiger partial charge >= 0.3 is 0 Å². The summed E-state index contributed by atoms with van der Waals surface area (Å²) in [6.45, 7) is -6.07. The Bertz CT molecular complexity index is 1700. The number of aromatic nitrogens is 2. The molecule has 5 aromatic rings. The molecule has 3 heterocycles. The quantitative estimate of drug-likeness (QED) is 0.329. The molecule has 0 N–H and O–H groups in total. The molecule has 0 saturated heterocycles. The molecule has 3 aromatic heterocycles. The second kappa shape index (κ2) is 6.56. The van der Waals surface area contributed by atoms with Gasteiger partial charge in [0.2, 0.25) is 5.71 Å². The first-order valence-corrected chi connectivity index (χ1v) is 9.10. The summed E-state index contributed by atoms with van der Waals surface area (Å²) >= 11 is 0. The van der Waals surface area contributed by atoms with Crippen LogP contribution in [-0.2, 0) is 0 Å². The molecule has 0 fully saturated rings. The Morgan fingerprint density at radius 1 is 0.828 bits per heavy atom. The number of hydrogen-bond acceptors (Lipinski definition) is 3. The van der Waals surface area contributed by atoms with Crippen LogP contribution < -0.4 is 0 Å². The third kappa shape index (κ3) is 2.90. The van der Waals surface area contributed by atoms with Crippen LogP contribution in [0.3, 0.4) is 0 Å². The number of para-hydroxylation sites is 1. The summed E-state index contributed by atoms with van der Waals surface area (Å²) in [5, 5.41) is 1.65. The fourth-order valence-corrected chi connectivity index (χ4v) is 3.53. The summed E-state index contributed by atoms with van der Waals surface area (Å²) in [6, 6.07) is 14.8. The molecule has 0 aliphatic carbocycles. The van der Waals surface area contributed by atoms with E-state index in [0.717, 1.165) is 16.5 Å². The van der Waals surface area contributed by atoms with E-state index in [0.29, 0.717) is 22.6 Å². The van der Waals surface area contributed by atoms with Crippen LogP contribution in [-0.4, -0.2) is 9.97 Å². The predicted octanol–water partition coefficient (Wildman–Crippen LogP) is 6.94. The molecule has 0 aliphatic heterocycles. The molecule has 142 valence electrons. The zero-order chi connectivity index (χ0) is 27.6. The van der Waals surface area contributed by atoms with Crippen molar-refractivity contribution in [2.45, 2.75) is 27.5 Å². The van der Waals surface area contributed by atoms with Crippen molar-refractivity contribution in [2.75, 3.05) is 0 Å². The minimum atomic E-state index is -2.72. The first kappa shape index (κ1) is 10.4. The molecule has 0 amide bonds. The van der Waals surface area contributed by atoms with Gasteiger partial charge in [-0.3, -0.25) is 4.98 Å². The van der Waals surface area contributed by atoms with E-state index < -0.39 is 20.6 Å². The van der Waals surface area contributed by atoms with Crippen LogP contribution in [0.4, 0.5) is 0 Å². The zero-order valence-electron chi connectivity index (χ0n) is 24.6. The van der Waals surface area contributed by atoms with E-state index in [4.69, 9.17) is 16.8 Å². The van der Waals surface area contributed by atoms with Crippen LogP contribution >= 0.6 is 0 Å². The van der Waals surface area contributed by atoms with Gasteiger partial charge in [0.15, 0.2) is 0 Å². The molecular weight excluding hydrogens is 356 g/mol. The molecule has 2 aromatic carbocycles. The van der Waals surface area contributed by atoms with Crippen molar-refractivity contribution in [3.63, 3.8) is 0 Å². The fourth-order valence-electron chi connectivity index (χ4n) is 3.53. The summed E-state index contributed by atoms with van der Waals surface area (Å²) in [7, 11) is 0. The van der Waals surface area contributed by atoms with Gasteiger partial charge in [0.25, 0.3) is 0 Å². The van der Waals surface area contributed by atoms with Crippen LogP contribution in [0, 0.1) is 27.5 Å². The Labute approximate surface area is 182 Å². The van der Waals surface area contributed by atoms with E-state index in [1.165, 1.54) is 24.4 Å². The van der Waals surface area contributed by atoms with Gasteiger partial charge in [0.05, 0.1) is 5.69 Å². The van der Waals surface area contributed by atoms with Gasteiger partial charge in [-0.05, 0) is 79.6 Å². The molecule has 0 unspecified atom stereocenters. The molecule has 0 atom stereocenters. The molecule has 3 nitrogen and oxygen atoms in total. The van der Waals surface area contributed by atoms with Crippen molar-refractivity contribution in [2.24, 2.45) is 0 Å². The lowest BCUT2D eigenvalue weighted by molar-refractivity contribution is 0.653. The average molecular weight is 388 g/mol. The number of furan rings is 1. The second-order valence-corrected chi connectivity index (χ2v) is 6.97. The van der Waals surface area contributed by atoms with E-state index in [2.05, 4.69) is 9.97 Å². The highest BCUT2D eigenvalue weighted by Gasteiger charge is 2.15. The Morgan fingerprint density at radius 2 is 1.72 bits per heavy atom. The van der Waals surface area contributed by atoms with Gasteiger partial charge in [0, 0.05) is 40.6 Å². The number of nitrogens with zero attached hydrogens (tertiary/aromatic N) is 2. The Hall–Kier alpha value is -3.46. The van der Waals surface area contributed by atoms with Crippen molar-refractivity contribution in [3.05, 3.63) is 83.2 Å². The maximum absolute atomic E-state index is 8.05. The van der Waals surface area contributed by atoms with Crippen molar-refractivity contribution in [1.82, 2.24) is 9.97 Å². The minimum absolute atomic E-state index is 0.0894. The third-order valence-electron chi connectivity index (χ3n) is 5.01. The average Bonchev–Trinajstić information content (AvgIpc) is 3.19. The van der Waals surface area contributed by atoms with E-state index in [1.54, 1.807) is 12.1 Å². The maximum Gasteiger partial charge on any atom is 0.227 e. The largest absolute Gasteiger partial charge is 0.437 e. The van der Waals surface area contributed by atoms with Crippen LogP contribution in [0.2, 0.25) is 0 Å². The van der Waals surface area contributed by atoms with Crippen molar-refractivity contribution in [1.29, 1.82) is 0 Å². The molecule has 3 heteroatoms. The summed E-state index contributed by atoms with van der Waals surface area (Å²) in [6.07, 6.45) is 1.24. The zero-order valence-corrected chi connectivity index (χ0v) is 15.6. The predicted molar refractivity (Wildman–Crippen MR) is 119 cm³/mol. The standard InChI is InChI=1S/C26H22N2O/c1-15-8-10-19(12-16(15)2)23-13-24(27-14-17(23)3)22-7-5-6-20-21-11-9-18(4)28-26(21)29-25(20)22/h5-14H,1-4H3/i1D3,2D3,3D3. The molecule has 5 rings (SSSR count). The van der Waals surface area contributed by atoms with Gasteiger partial charge < -0.3 is 4.42 Å².